The van der Waals surface area contributed by atoms with Crippen LogP contribution in [0.25, 0.3) is 22.3 Å². The van der Waals surface area contributed by atoms with E-state index in [2.05, 4.69) is 42.9 Å². The number of fused-ring (bicyclic) bond motifs is 1. The highest BCUT2D eigenvalue weighted by molar-refractivity contribution is 14.1. The van der Waals surface area contributed by atoms with Crippen molar-refractivity contribution in [1.82, 2.24) is 15.0 Å². The quantitative estimate of drug-likeness (QED) is 0.635. The first-order valence-electron chi connectivity index (χ1n) is 6.58. The summed E-state index contributed by atoms with van der Waals surface area (Å²) in [5.74, 6) is 0.509. The van der Waals surface area contributed by atoms with E-state index in [1.54, 1.807) is 20.0 Å². The molecule has 3 rings (SSSR count). The van der Waals surface area contributed by atoms with Gasteiger partial charge in [0.05, 0.1) is 11.1 Å². The first-order chi connectivity index (χ1) is 10.5. The largest absolute Gasteiger partial charge is 0.372 e. The van der Waals surface area contributed by atoms with Crippen LogP contribution in [-0.2, 0) is 0 Å². The summed E-state index contributed by atoms with van der Waals surface area (Å²) in [6.07, 6.45) is 0. The Morgan fingerprint density at radius 3 is 2.64 bits per heavy atom. The van der Waals surface area contributed by atoms with Crippen LogP contribution < -0.4 is 11.1 Å². The molecule has 3 aromatic rings. The molecule has 22 heavy (non-hydrogen) atoms. The normalized spacial score (nSPS) is 10.9. The average Bonchev–Trinajstić information content (AvgIpc) is 2.50. The predicted molar refractivity (Wildman–Crippen MR) is 94.1 cm³/mol. The fourth-order valence-electron chi connectivity index (χ4n) is 2.32. The summed E-state index contributed by atoms with van der Waals surface area (Å²) in [5.41, 5.74) is 8.18. The zero-order chi connectivity index (χ0) is 15.9. The van der Waals surface area contributed by atoms with E-state index >= 15 is 0 Å². The van der Waals surface area contributed by atoms with Crippen LogP contribution in [0.4, 0.5) is 16.2 Å². The van der Waals surface area contributed by atoms with Gasteiger partial charge in [0.1, 0.15) is 11.6 Å². The Labute approximate surface area is 140 Å². The molecule has 112 valence electrons. The van der Waals surface area contributed by atoms with Gasteiger partial charge in [-0.3, -0.25) is 0 Å². The number of pyridine rings is 1. The van der Waals surface area contributed by atoms with Gasteiger partial charge in [-0.15, -0.1) is 0 Å². The van der Waals surface area contributed by atoms with Gasteiger partial charge >= 0.3 is 0 Å². The lowest BCUT2D eigenvalue weighted by atomic mass is 10.0. The summed E-state index contributed by atoms with van der Waals surface area (Å²) in [4.78, 5) is 12.8. The lowest BCUT2D eigenvalue weighted by Gasteiger charge is -2.11. The third-order valence-electron chi connectivity index (χ3n) is 3.42. The molecule has 2 aromatic heterocycles. The van der Waals surface area contributed by atoms with Gasteiger partial charge in [0.15, 0.2) is 5.65 Å². The van der Waals surface area contributed by atoms with Crippen LogP contribution in [0, 0.1) is 16.3 Å². The number of hydrogen-bond acceptors (Lipinski definition) is 5. The lowest BCUT2D eigenvalue weighted by Crippen LogP contribution is -2.03. The summed E-state index contributed by atoms with van der Waals surface area (Å²) < 4.78 is 14.8. The Bertz CT molecular complexity index is 881. The molecule has 0 atom stereocenters. The molecular weight excluding hydrogens is 396 g/mol. The van der Waals surface area contributed by atoms with Crippen molar-refractivity contribution in [1.29, 1.82) is 0 Å². The Hall–Kier alpha value is -2.03. The number of hydrogen-bond donors (Lipinski definition) is 2. The Balaban J connectivity index is 2.28. The average molecular weight is 409 g/mol. The molecule has 3 N–H and O–H groups in total. The molecule has 0 unspecified atom stereocenters. The molecule has 0 saturated carbocycles. The molecule has 0 aliphatic heterocycles. The van der Waals surface area contributed by atoms with Crippen molar-refractivity contribution in [2.24, 2.45) is 0 Å². The van der Waals surface area contributed by atoms with Gasteiger partial charge in [-0.25, -0.2) is 9.37 Å². The van der Waals surface area contributed by atoms with Crippen LogP contribution in [0.1, 0.15) is 5.56 Å². The topological polar surface area (TPSA) is 76.7 Å². The molecule has 0 radical (unpaired) electrons. The molecule has 0 aliphatic rings. The molecular formula is C15H13FIN5. The molecule has 5 nitrogen and oxygen atoms in total. The number of halogens is 2. The van der Waals surface area contributed by atoms with Crippen LogP contribution >= 0.6 is 22.6 Å². The van der Waals surface area contributed by atoms with Gasteiger partial charge < -0.3 is 11.1 Å². The predicted octanol–water partition coefficient (Wildman–Crippen LogP) is 3.37. The van der Waals surface area contributed by atoms with Crippen molar-refractivity contribution >= 4 is 45.4 Å². The molecule has 1 aromatic carbocycles. The second-order valence-electron chi connectivity index (χ2n) is 4.78. The lowest BCUT2D eigenvalue weighted by molar-refractivity contribution is 0.619. The van der Waals surface area contributed by atoms with Crippen LogP contribution in [0.15, 0.2) is 24.3 Å². The van der Waals surface area contributed by atoms with E-state index in [1.807, 2.05) is 12.1 Å². The molecule has 0 saturated heterocycles. The minimum Gasteiger partial charge on any atom is -0.372 e. The maximum atomic E-state index is 13.9. The number of nitrogens with two attached hydrogens (primary N) is 1. The van der Waals surface area contributed by atoms with Gasteiger partial charge in [-0.05, 0) is 59.3 Å². The summed E-state index contributed by atoms with van der Waals surface area (Å²) in [7, 11) is 1.76. The van der Waals surface area contributed by atoms with Gasteiger partial charge in [0.2, 0.25) is 5.95 Å². The molecule has 0 amide bonds. The van der Waals surface area contributed by atoms with Crippen LogP contribution in [0.2, 0.25) is 0 Å². The number of aromatic nitrogens is 3. The summed E-state index contributed by atoms with van der Waals surface area (Å²) >= 11 is 2.17. The fraction of sp³-hybridized carbons (Fsp3) is 0.133. The van der Waals surface area contributed by atoms with Crippen LogP contribution in [-0.4, -0.2) is 22.0 Å². The monoisotopic (exact) mass is 409 g/mol. The van der Waals surface area contributed by atoms with E-state index in [-0.39, 0.29) is 11.8 Å². The Morgan fingerprint density at radius 2 is 1.91 bits per heavy atom. The molecule has 0 fully saturated rings. The summed E-state index contributed by atoms with van der Waals surface area (Å²) in [5, 5.41) is 3.74. The standard InChI is InChI=1S/C15H13FIN5/c1-7-9(16)4-5-10(17)12(7)11-6-3-8-13(19-2)21-15(18)22-14(8)20-11/h3-6H,1-2H3,(H3,18,19,20,21,22). The van der Waals surface area contributed by atoms with Gasteiger partial charge in [-0.2, -0.15) is 9.97 Å². The van der Waals surface area contributed by atoms with Crippen molar-refractivity contribution in [2.75, 3.05) is 18.1 Å². The third-order valence-corrected chi connectivity index (χ3v) is 4.32. The molecule has 2 heterocycles. The van der Waals surface area contributed by atoms with Crippen LogP contribution in [0.3, 0.4) is 0 Å². The van der Waals surface area contributed by atoms with E-state index in [9.17, 15) is 4.39 Å². The van der Waals surface area contributed by atoms with E-state index in [0.29, 0.717) is 22.7 Å². The van der Waals surface area contributed by atoms with Crippen LogP contribution in [0.5, 0.6) is 0 Å². The zero-order valence-electron chi connectivity index (χ0n) is 12.0. The maximum absolute atomic E-state index is 13.9. The minimum atomic E-state index is -0.254. The molecule has 0 aliphatic carbocycles. The van der Waals surface area contributed by atoms with Gasteiger partial charge in [-0.1, -0.05) is 0 Å². The Kier molecular flexibility index (Phi) is 3.81. The second kappa shape index (κ2) is 5.64. The first-order valence-corrected chi connectivity index (χ1v) is 7.66. The Morgan fingerprint density at radius 1 is 1.14 bits per heavy atom. The number of rotatable bonds is 2. The SMILES string of the molecule is CNc1nc(N)nc2nc(-c3c(I)ccc(F)c3C)ccc12. The number of anilines is 2. The highest BCUT2D eigenvalue weighted by atomic mass is 127. The van der Waals surface area contributed by atoms with E-state index < -0.39 is 0 Å². The van der Waals surface area contributed by atoms with E-state index in [1.165, 1.54) is 6.07 Å². The summed E-state index contributed by atoms with van der Waals surface area (Å²) in [6.45, 7) is 1.74. The summed E-state index contributed by atoms with van der Waals surface area (Å²) in [6, 6.07) is 6.90. The molecule has 0 bridgehead atoms. The van der Waals surface area contributed by atoms with Crippen molar-refractivity contribution in [3.05, 3.63) is 39.2 Å². The van der Waals surface area contributed by atoms with Crippen molar-refractivity contribution < 1.29 is 4.39 Å². The highest BCUT2D eigenvalue weighted by Crippen LogP contribution is 2.31. The smallest absolute Gasteiger partial charge is 0.224 e. The second-order valence-corrected chi connectivity index (χ2v) is 5.94. The van der Waals surface area contributed by atoms with Gasteiger partial charge in [0, 0.05) is 16.2 Å². The number of nitrogen functional groups attached to an aromatic ring is 1. The number of nitrogens with zero attached hydrogens (tertiary/aromatic N) is 3. The molecule has 0 spiro atoms. The van der Waals surface area contributed by atoms with E-state index in [0.717, 1.165) is 14.5 Å². The number of benzene rings is 1. The molecule has 7 heteroatoms. The maximum Gasteiger partial charge on any atom is 0.224 e. The van der Waals surface area contributed by atoms with Crippen molar-refractivity contribution in [3.63, 3.8) is 0 Å². The highest BCUT2D eigenvalue weighted by Gasteiger charge is 2.14. The van der Waals surface area contributed by atoms with E-state index in [4.69, 9.17) is 5.73 Å². The first kappa shape index (κ1) is 14.9. The van der Waals surface area contributed by atoms with Crippen molar-refractivity contribution in [2.45, 2.75) is 6.92 Å². The number of nitrogens with one attached hydrogen (secondary N) is 1. The third kappa shape index (κ3) is 2.45. The minimum absolute atomic E-state index is 0.146. The fourth-order valence-corrected chi connectivity index (χ4v) is 3.18. The zero-order valence-corrected chi connectivity index (χ0v) is 14.1. The van der Waals surface area contributed by atoms with Crippen molar-refractivity contribution in [3.8, 4) is 11.3 Å². The van der Waals surface area contributed by atoms with Gasteiger partial charge in [0.25, 0.3) is 0 Å².